The van der Waals surface area contributed by atoms with Crippen molar-refractivity contribution in [1.29, 1.82) is 0 Å². The lowest BCUT2D eigenvalue weighted by Crippen LogP contribution is -3.11. The zero-order valence-corrected chi connectivity index (χ0v) is 16.7. The number of quaternary nitrogens is 1. The van der Waals surface area contributed by atoms with Crippen LogP contribution in [0.5, 0.6) is 5.75 Å². The SMILES string of the molecule is C[NH+]1CCC2(CC1)Oc1ccc(Cl)cc1[C@H]1CC(c3ccc(Cl)cc3)=NN12. The van der Waals surface area contributed by atoms with Crippen molar-refractivity contribution in [2.75, 3.05) is 20.1 Å². The highest BCUT2D eigenvalue weighted by Gasteiger charge is 2.52. The van der Waals surface area contributed by atoms with Crippen molar-refractivity contribution >= 4 is 28.9 Å². The molecule has 6 heteroatoms. The lowest BCUT2D eigenvalue weighted by molar-refractivity contribution is -0.888. The summed E-state index contributed by atoms with van der Waals surface area (Å²) in [5.41, 5.74) is 2.97. The predicted octanol–water partition coefficient (Wildman–Crippen LogP) is 3.54. The van der Waals surface area contributed by atoms with Gasteiger partial charge in [0.05, 0.1) is 44.7 Å². The van der Waals surface area contributed by atoms with E-state index in [1.807, 2.05) is 42.5 Å². The molecule has 4 nitrogen and oxygen atoms in total. The molecule has 140 valence electrons. The number of hydrazone groups is 1. The van der Waals surface area contributed by atoms with Crippen LogP contribution in [0.2, 0.25) is 10.0 Å². The molecule has 2 aromatic carbocycles. The lowest BCUT2D eigenvalue weighted by atomic mass is 9.91. The zero-order valence-electron chi connectivity index (χ0n) is 15.2. The van der Waals surface area contributed by atoms with Gasteiger partial charge >= 0.3 is 0 Å². The molecule has 27 heavy (non-hydrogen) atoms. The minimum atomic E-state index is -0.362. The first-order valence-corrected chi connectivity index (χ1v) is 10.2. The quantitative estimate of drug-likeness (QED) is 0.790. The van der Waals surface area contributed by atoms with Crippen LogP contribution in [0.3, 0.4) is 0 Å². The number of fused-ring (bicyclic) bond motifs is 4. The number of hydrogen-bond donors (Lipinski definition) is 1. The van der Waals surface area contributed by atoms with Crippen LogP contribution in [0.15, 0.2) is 47.6 Å². The van der Waals surface area contributed by atoms with Crippen molar-refractivity contribution in [2.24, 2.45) is 5.10 Å². The maximum Gasteiger partial charge on any atom is 0.208 e. The Morgan fingerprint density at radius 2 is 1.78 bits per heavy atom. The van der Waals surface area contributed by atoms with Gasteiger partial charge in [0, 0.05) is 22.0 Å². The van der Waals surface area contributed by atoms with E-state index >= 15 is 0 Å². The number of nitrogens with one attached hydrogen (secondary N) is 1. The van der Waals surface area contributed by atoms with E-state index in [-0.39, 0.29) is 11.8 Å². The van der Waals surface area contributed by atoms with Crippen molar-refractivity contribution in [2.45, 2.75) is 31.0 Å². The van der Waals surface area contributed by atoms with Crippen molar-refractivity contribution in [3.63, 3.8) is 0 Å². The predicted molar refractivity (Wildman–Crippen MR) is 108 cm³/mol. The fourth-order valence-corrected chi connectivity index (χ4v) is 4.77. The summed E-state index contributed by atoms with van der Waals surface area (Å²) in [5.74, 6) is 0.952. The summed E-state index contributed by atoms with van der Waals surface area (Å²) in [5, 5.41) is 8.77. The number of piperidine rings is 1. The number of benzene rings is 2. The highest BCUT2D eigenvalue weighted by Crippen LogP contribution is 2.49. The minimum Gasteiger partial charge on any atom is -0.466 e. The largest absolute Gasteiger partial charge is 0.466 e. The summed E-state index contributed by atoms with van der Waals surface area (Å²) in [6.45, 7) is 2.16. The molecule has 1 fully saturated rings. The first-order chi connectivity index (χ1) is 13.0. The Balaban J connectivity index is 1.58. The molecule has 0 unspecified atom stereocenters. The molecule has 1 saturated heterocycles. The Hall–Kier alpha value is -1.75. The van der Waals surface area contributed by atoms with Crippen molar-refractivity contribution < 1.29 is 9.64 Å². The summed E-state index contributed by atoms with van der Waals surface area (Å²) < 4.78 is 6.61. The van der Waals surface area contributed by atoms with Gasteiger partial charge in [-0.3, -0.25) is 0 Å². The number of nitrogens with zero attached hydrogens (tertiary/aromatic N) is 2. The van der Waals surface area contributed by atoms with Gasteiger partial charge < -0.3 is 9.64 Å². The molecule has 0 aromatic heterocycles. The molecular formula is C21H22Cl2N3O+. The summed E-state index contributed by atoms with van der Waals surface area (Å²) in [4.78, 5) is 1.55. The molecule has 3 heterocycles. The van der Waals surface area contributed by atoms with Crippen LogP contribution < -0.4 is 9.64 Å². The number of likely N-dealkylation sites (tertiary alicyclic amines) is 1. The number of ether oxygens (including phenoxy) is 1. The van der Waals surface area contributed by atoms with E-state index in [4.69, 9.17) is 33.0 Å². The molecule has 1 spiro atoms. The molecule has 0 aliphatic carbocycles. The van der Waals surface area contributed by atoms with Crippen molar-refractivity contribution in [1.82, 2.24) is 5.01 Å². The van der Waals surface area contributed by atoms with Gasteiger partial charge in [0.15, 0.2) is 0 Å². The molecule has 1 N–H and O–H groups in total. The normalized spacial score (nSPS) is 29.1. The van der Waals surface area contributed by atoms with Gasteiger partial charge in [-0.25, -0.2) is 5.01 Å². The van der Waals surface area contributed by atoms with E-state index < -0.39 is 0 Å². The second-order valence-electron chi connectivity index (χ2n) is 7.81. The molecule has 3 aliphatic heterocycles. The second kappa shape index (κ2) is 6.40. The van der Waals surface area contributed by atoms with Crippen LogP contribution in [0.4, 0.5) is 0 Å². The van der Waals surface area contributed by atoms with Crippen LogP contribution in [0.25, 0.3) is 0 Å². The lowest BCUT2D eigenvalue weighted by Gasteiger charge is -2.49. The highest BCUT2D eigenvalue weighted by atomic mass is 35.5. The topological polar surface area (TPSA) is 29.3 Å². The van der Waals surface area contributed by atoms with Crippen molar-refractivity contribution in [3.05, 3.63) is 63.6 Å². The Kier molecular flexibility index (Phi) is 4.12. The van der Waals surface area contributed by atoms with E-state index in [1.165, 1.54) is 0 Å². The number of rotatable bonds is 1. The monoisotopic (exact) mass is 402 g/mol. The van der Waals surface area contributed by atoms with Gasteiger partial charge in [-0.05, 0) is 35.9 Å². The van der Waals surface area contributed by atoms with Crippen LogP contribution in [0.1, 0.15) is 36.4 Å². The summed E-state index contributed by atoms with van der Waals surface area (Å²) in [6, 6.07) is 14.1. The second-order valence-corrected chi connectivity index (χ2v) is 8.68. The number of hydrogen-bond acceptors (Lipinski definition) is 3. The van der Waals surface area contributed by atoms with E-state index in [9.17, 15) is 0 Å². The van der Waals surface area contributed by atoms with E-state index in [1.54, 1.807) is 4.90 Å². The van der Waals surface area contributed by atoms with E-state index in [0.29, 0.717) is 0 Å². The molecular weight excluding hydrogens is 381 g/mol. The van der Waals surface area contributed by atoms with E-state index in [0.717, 1.165) is 65.0 Å². The standard InChI is InChI=1S/C21H21Cl2N3O/c1-25-10-8-21(9-11-25)26-19(17-12-16(23)6-7-20(17)27-21)13-18(24-26)14-2-4-15(22)5-3-14/h2-7,12,19H,8-11,13H2,1H3/p+1/t19-/m1/s1. The Bertz CT molecular complexity index is 904. The molecule has 5 rings (SSSR count). The smallest absolute Gasteiger partial charge is 0.208 e. The maximum absolute atomic E-state index is 6.61. The van der Waals surface area contributed by atoms with Gasteiger partial charge in [0.1, 0.15) is 5.75 Å². The van der Waals surface area contributed by atoms with Crippen LogP contribution >= 0.6 is 23.2 Å². The van der Waals surface area contributed by atoms with E-state index in [2.05, 4.69) is 12.1 Å². The summed E-state index contributed by atoms with van der Waals surface area (Å²) in [7, 11) is 2.24. The third-order valence-electron chi connectivity index (χ3n) is 6.02. The average Bonchev–Trinajstić information content (AvgIpc) is 3.12. The van der Waals surface area contributed by atoms with Crippen molar-refractivity contribution in [3.8, 4) is 5.75 Å². The first-order valence-electron chi connectivity index (χ1n) is 9.47. The van der Waals surface area contributed by atoms with Gasteiger partial charge in [0.25, 0.3) is 0 Å². The Morgan fingerprint density at radius 1 is 1.07 bits per heavy atom. The number of halogens is 2. The Labute approximate surface area is 169 Å². The molecule has 1 atom stereocenters. The fraction of sp³-hybridized carbons (Fsp3) is 0.381. The maximum atomic E-state index is 6.61. The van der Waals surface area contributed by atoms with Gasteiger partial charge in [-0.2, -0.15) is 5.10 Å². The van der Waals surface area contributed by atoms with Gasteiger partial charge in [0.2, 0.25) is 5.72 Å². The summed E-state index contributed by atoms with van der Waals surface area (Å²) >= 11 is 12.4. The molecule has 0 bridgehead atoms. The highest BCUT2D eigenvalue weighted by molar-refractivity contribution is 6.31. The molecule has 3 aliphatic rings. The molecule has 2 aromatic rings. The van der Waals surface area contributed by atoms with Gasteiger partial charge in [-0.1, -0.05) is 35.3 Å². The van der Waals surface area contributed by atoms with Crippen LogP contribution in [-0.4, -0.2) is 36.6 Å². The summed E-state index contributed by atoms with van der Waals surface area (Å²) in [6.07, 6.45) is 2.78. The molecule has 0 saturated carbocycles. The fourth-order valence-electron chi connectivity index (χ4n) is 4.47. The molecule has 0 amide bonds. The Morgan fingerprint density at radius 3 is 2.52 bits per heavy atom. The first kappa shape index (κ1) is 17.4. The third kappa shape index (κ3) is 2.91. The minimum absolute atomic E-state index is 0.163. The average molecular weight is 403 g/mol. The van der Waals surface area contributed by atoms with Crippen LogP contribution in [-0.2, 0) is 0 Å². The zero-order chi connectivity index (χ0) is 18.6. The third-order valence-corrected chi connectivity index (χ3v) is 6.51. The van der Waals surface area contributed by atoms with Crippen LogP contribution in [0, 0.1) is 0 Å². The molecule has 0 radical (unpaired) electrons. The van der Waals surface area contributed by atoms with Gasteiger partial charge in [-0.15, -0.1) is 0 Å².